The van der Waals surface area contributed by atoms with E-state index in [1.165, 1.54) is 0 Å². The van der Waals surface area contributed by atoms with Crippen LogP contribution in [0.3, 0.4) is 0 Å². The molecular weight excluding hydrogens is 252 g/mol. The third-order valence-electron chi connectivity index (χ3n) is 3.25. The molecule has 1 amide bonds. The lowest BCUT2D eigenvalue weighted by molar-refractivity contribution is 0.0951. The predicted octanol–water partition coefficient (Wildman–Crippen LogP) is 2.72. The molecule has 2 aromatic rings. The summed E-state index contributed by atoms with van der Waals surface area (Å²) in [4.78, 5) is 12.0. The minimum Gasteiger partial charge on any atom is -0.466 e. The number of nitrogens with one attached hydrogen (secondary N) is 1. The topological polar surface area (TPSA) is 68.3 Å². The number of nitrogens with two attached hydrogens (primary N) is 1. The van der Waals surface area contributed by atoms with Crippen LogP contribution >= 0.6 is 0 Å². The van der Waals surface area contributed by atoms with E-state index in [2.05, 4.69) is 5.32 Å². The SMILES string of the molecule is Cc1cc(C(=O)NCCC(N)c2ccccc2)c(C)o1. The van der Waals surface area contributed by atoms with Crippen molar-refractivity contribution in [2.45, 2.75) is 26.3 Å². The molecule has 0 saturated heterocycles. The fourth-order valence-electron chi connectivity index (χ4n) is 2.16. The quantitative estimate of drug-likeness (QED) is 0.879. The second-order valence-corrected chi connectivity index (χ2v) is 4.89. The lowest BCUT2D eigenvalue weighted by Crippen LogP contribution is -2.27. The molecular formula is C16H20N2O2. The van der Waals surface area contributed by atoms with Crippen LogP contribution in [0.2, 0.25) is 0 Å². The maximum absolute atomic E-state index is 12.0. The summed E-state index contributed by atoms with van der Waals surface area (Å²) < 4.78 is 5.35. The fourth-order valence-corrected chi connectivity index (χ4v) is 2.16. The standard InChI is InChI=1S/C16H20N2O2/c1-11-10-14(12(2)20-11)16(19)18-9-8-15(17)13-6-4-3-5-7-13/h3-7,10,15H,8-9,17H2,1-2H3,(H,18,19). The van der Waals surface area contributed by atoms with Gasteiger partial charge in [0.1, 0.15) is 11.5 Å². The van der Waals surface area contributed by atoms with Crippen LogP contribution in [0.15, 0.2) is 40.8 Å². The summed E-state index contributed by atoms with van der Waals surface area (Å²) in [5, 5.41) is 2.87. The molecule has 4 heteroatoms. The minimum atomic E-state index is -0.111. The van der Waals surface area contributed by atoms with Crippen molar-refractivity contribution in [2.75, 3.05) is 6.54 Å². The van der Waals surface area contributed by atoms with Crippen molar-refractivity contribution in [3.8, 4) is 0 Å². The second kappa shape index (κ2) is 6.39. The lowest BCUT2D eigenvalue weighted by atomic mass is 10.1. The number of carbonyl (C=O) groups excluding carboxylic acids is 1. The van der Waals surface area contributed by atoms with Gasteiger partial charge in [0.15, 0.2) is 0 Å². The first-order valence-corrected chi connectivity index (χ1v) is 6.73. The average molecular weight is 272 g/mol. The minimum absolute atomic E-state index is 0.0660. The molecule has 0 aliphatic carbocycles. The monoisotopic (exact) mass is 272 g/mol. The first-order chi connectivity index (χ1) is 9.58. The van der Waals surface area contributed by atoms with Crippen LogP contribution in [0, 0.1) is 13.8 Å². The van der Waals surface area contributed by atoms with Gasteiger partial charge < -0.3 is 15.5 Å². The Hall–Kier alpha value is -2.07. The molecule has 0 bridgehead atoms. The highest BCUT2D eigenvalue weighted by molar-refractivity contribution is 5.95. The molecule has 0 fully saturated rings. The van der Waals surface area contributed by atoms with Crippen LogP contribution in [0.4, 0.5) is 0 Å². The molecule has 1 aromatic heterocycles. The van der Waals surface area contributed by atoms with Crippen molar-refractivity contribution in [3.63, 3.8) is 0 Å². The van der Waals surface area contributed by atoms with Gasteiger partial charge in [-0.2, -0.15) is 0 Å². The van der Waals surface area contributed by atoms with Crippen molar-refractivity contribution < 1.29 is 9.21 Å². The summed E-state index contributed by atoms with van der Waals surface area (Å²) in [7, 11) is 0. The van der Waals surface area contributed by atoms with Crippen LogP contribution in [-0.2, 0) is 0 Å². The number of rotatable bonds is 5. The molecule has 3 N–H and O–H groups in total. The van der Waals surface area contributed by atoms with Gasteiger partial charge in [-0.05, 0) is 31.9 Å². The second-order valence-electron chi connectivity index (χ2n) is 4.89. The summed E-state index contributed by atoms with van der Waals surface area (Å²) in [5.74, 6) is 1.28. The van der Waals surface area contributed by atoms with E-state index in [1.807, 2.05) is 37.3 Å². The maximum atomic E-state index is 12.0. The lowest BCUT2D eigenvalue weighted by Gasteiger charge is -2.12. The van der Waals surface area contributed by atoms with Gasteiger partial charge >= 0.3 is 0 Å². The Balaban J connectivity index is 1.84. The highest BCUT2D eigenvalue weighted by Crippen LogP contribution is 2.14. The number of amides is 1. The van der Waals surface area contributed by atoms with E-state index in [9.17, 15) is 4.79 Å². The largest absolute Gasteiger partial charge is 0.466 e. The molecule has 20 heavy (non-hydrogen) atoms. The Kier molecular flexibility index (Phi) is 4.58. The zero-order chi connectivity index (χ0) is 14.5. The summed E-state index contributed by atoms with van der Waals surface area (Å²) in [6.45, 7) is 4.16. The predicted molar refractivity (Wildman–Crippen MR) is 78.5 cm³/mol. The zero-order valence-corrected chi connectivity index (χ0v) is 11.8. The highest BCUT2D eigenvalue weighted by Gasteiger charge is 2.13. The van der Waals surface area contributed by atoms with Crippen molar-refractivity contribution in [1.29, 1.82) is 0 Å². The van der Waals surface area contributed by atoms with Crippen molar-refractivity contribution >= 4 is 5.91 Å². The van der Waals surface area contributed by atoms with Crippen LogP contribution in [0.5, 0.6) is 0 Å². The Bertz CT molecular complexity index is 575. The number of hydrogen-bond donors (Lipinski definition) is 2. The molecule has 0 saturated carbocycles. The molecule has 2 rings (SSSR count). The van der Waals surface area contributed by atoms with Gasteiger partial charge in [-0.3, -0.25) is 4.79 Å². The summed E-state index contributed by atoms with van der Waals surface area (Å²) >= 11 is 0. The molecule has 0 aliphatic heterocycles. The van der Waals surface area contributed by atoms with Crippen LogP contribution in [0.1, 0.15) is 39.9 Å². The number of furan rings is 1. The van der Waals surface area contributed by atoms with Crippen LogP contribution < -0.4 is 11.1 Å². The molecule has 1 aromatic carbocycles. The first kappa shape index (κ1) is 14.3. The van der Waals surface area contributed by atoms with Crippen LogP contribution in [-0.4, -0.2) is 12.5 Å². The maximum Gasteiger partial charge on any atom is 0.254 e. The summed E-state index contributed by atoms with van der Waals surface area (Å²) in [6.07, 6.45) is 0.700. The summed E-state index contributed by atoms with van der Waals surface area (Å²) in [6, 6.07) is 11.6. The van der Waals surface area contributed by atoms with Gasteiger partial charge in [0.25, 0.3) is 5.91 Å². The Morgan fingerprint density at radius 2 is 2.00 bits per heavy atom. The van der Waals surface area contributed by atoms with E-state index >= 15 is 0 Å². The van der Waals surface area contributed by atoms with Gasteiger partial charge in [-0.15, -0.1) is 0 Å². The number of hydrogen-bond acceptors (Lipinski definition) is 3. The van der Waals surface area contributed by atoms with Crippen molar-refractivity contribution in [2.24, 2.45) is 5.73 Å². The average Bonchev–Trinajstić information content (AvgIpc) is 2.78. The number of benzene rings is 1. The molecule has 1 unspecified atom stereocenters. The zero-order valence-electron chi connectivity index (χ0n) is 11.8. The Morgan fingerprint density at radius 1 is 1.30 bits per heavy atom. The van der Waals surface area contributed by atoms with E-state index in [-0.39, 0.29) is 11.9 Å². The normalized spacial score (nSPS) is 12.2. The highest BCUT2D eigenvalue weighted by atomic mass is 16.3. The van der Waals surface area contributed by atoms with E-state index < -0.39 is 0 Å². The van der Waals surface area contributed by atoms with E-state index in [0.717, 1.165) is 11.3 Å². The Labute approximate surface area is 119 Å². The molecule has 106 valence electrons. The summed E-state index contributed by atoms with van der Waals surface area (Å²) in [5.41, 5.74) is 7.76. The molecule has 0 radical (unpaired) electrons. The number of carbonyl (C=O) groups is 1. The first-order valence-electron chi connectivity index (χ1n) is 6.73. The fraction of sp³-hybridized carbons (Fsp3) is 0.312. The van der Waals surface area contributed by atoms with Gasteiger partial charge in [0, 0.05) is 12.6 Å². The Morgan fingerprint density at radius 3 is 2.60 bits per heavy atom. The molecule has 0 aliphatic rings. The molecule has 1 heterocycles. The van der Waals surface area contributed by atoms with Crippen LogP contribution in [0.25, 0.3) is 0 Å². The third-order valence-corrected chi connectivity index (χ3v) is 3.25. The van der Waals surface area contributed by atoms with Crippen molar-refractivity contribution in [1.82, 2.24) is 5.32 Å². The van der Waals surface area contributed by atoms with Gasteiger partial charge in [0.05, 0.1) is 5.56 Å². The molecule has 1 atom stereocenters. The smallest absolute Gasteiger partial charge is 0.254 e. The molecule has 0 spiro atoms. The van der Waals surface area contributed by atoms with Gasteiger partial charge in [-0.25, -0.2) is 0 Å². The van der Waals surface area contributed by atoms with E-state index in [1.54, 1.807) is 13.0 Å². The number of aryl methyl sites for hydroxylation is 2. The van der Waals surface area contributed by atoms with E-state index in [4.69, 9.17) is 10.2 Å². The van der Waals surface area contributed by atoms with Crippen molar-refractivity contribution in [3.05, 3.63) is 59.0 Å². The van der Waals surface area contributed by atoms with E-state index in [0.29, 0.717) is 24.3 Å². The third kappa shape index (κ3) is 3.48. The van der Waals surface area contributed by atoms with Gasteiger partial charge in [0.2, 0.25) is 0 Å². The van der Waals surface area contributed by atoms with Gasteiger partial charge in [-0.1, -0.05) is 30.3 Å². The molecule has 4 nitrogen and oxygen atoms in total.